The fourth-order valence-corrected chi connectivity index (χ4v) is 2.51. The first-order chi connectivity index (χ1) is 9.72. The van der Waals surface area contributed by atoms with Crippen molar-refractivity contribution in [1.29, 1.82) is 0 Å². The standard InChI is InChI=1S/C17H22O3/c1-3-6-13-11-15(19-4-2)9-10-17(13)20-16-8-5-7-14(18)12-16/h3,9-11,16H,1,4-8,12H2,2H3. The van der Waals surface area contributed by atoms with Crippen LogP contribution in [0.2, 0.25) is 0 Å². The quantitative estimate of drug-likeness (QED) is 0.742. The second-order valence-corrected chi connectivity index (χ2v) is 5.07. The Morgan fingerprint density at radius 2 is 2.30 bits per heavy atom. The zero-order chi connectivity index (χ0) is 14.4. The van der Waals surface area contributed by atoms with Crippen molar-refractivity contribution in [3.05, 3.63) is 36.4 Å². The Hall–Kier alpha value is -1.77. The highest BCUT2D eigenvalue weighted by molar-refractivity contribution is 5.79. The third-order valence-corrected chi connectivity index (χ3v) is 3.44. The summed E-state index contributed by atoms with van der Waals surface area (Å²) in [5.74, 6) is 1.99. The number of allylic oxidation sites excluding steroid dienone is 1. The summed E-state index contributed by atoms with van der Waals surface area (Å²) in [6, 6.07) is 5.84. The van der Waals surface area contributed by atoms with E-state index in [-0.39, 0.29) is 6.10 Å². The number of hydrogen-bond donors (Lipinski definition) is 0. The van der Waals surface area contributed by atoms with Gasteiger partial charge in [0.25, 0.3) is 0 Å². The van der Waals surface area contributed by atoms with Gasteiger partial charge in [-0.2, -0.15) is 0 Å². The number of hydrogen-bond acceptors (Lipinski definition) is 3. The molecule has 0 aromatic heterocycles. The number of Topliss-reactive ketones (excluding diaryl/α,β-unsaturated/α-hetero) is 1. The van der Waals surface area contributed by atoms with Crippen molar-refractivity contribution in [1.82, 2.24) is 0 Å². The first-order valence-electron chi connectivity index (χ1n) is 7.28. The summed E-state index contributed by atoms with van der Waals surface area (Å²) < 4.78 is 11.5. The van der Waals surface area contributed by atoms with E-state index in [0.717, 1.165) is 36.3 Å². The predicted octanol–water partition coefficient (Wildman–Crippen LogP) is 3.70. The van der Waals surface area contributed by atoms with Crippen LogP contribution in [0, 0.1) is 0 Å². The molecule has 0 heterocycles. The summed E-state index contributed by atoms with van der Waals surface area (Å²) >= 11 is 0. The van der Waals surface area contributed by atoms with Gasteiger partial charge in [0.15, 0.2) is 0 Å². The van der Waals surface area contributed by atoms with E-state index in [1.165, 1.54) is 0 Å². The maximum absolute atomic E-state index is 11.5. The van der Waals surface area contributed by atoms with Gasteiger partial charge in [0.2, 0.25) is 0 Å². The molecule has 1 fully saturated rings. The molecular weight excluding hydrogens is 252 g/mol. The van der Waals surface area contributed by atoms with E-state index in [0.29, 0.717) is 25.2 Å². The fourth-order valence-electron chi connectivity index (χ4n) is 2.51. The molecule has 0 spiro atoms. The van der Waals surface area contributed by atoms with Crippen LogP contribution in [0.3, 0.4) is 0 Å². The Morgan fingerprint density at radius 1 is 1.45 bits per heavy atom. The van der Waals surface area contributed by atoms with Crippen molar-refractivity contribution < 1.29 is 14.3 Å². The summed E-state index contributed by atoms with van der Waals surface area (Å²) in [6.45, 7) is 6.39. The van der Waals surface area contributed by atoms with Gasteiger partial charge >= 0.3 is 0 Å². The Morgan fingerprint density at radius 3 is 3.00 bits per heavy atom. The minimum Gasteiger partial charge on any atom is -0.494 e. The molecule has 1 atom stereocenters. The topological polar surface area (TPSA) is 35.5 Å². The Kier molecular flexibility index (Phi) is 5.22. The number of carbonyl (C=O) groups excluding carboxylic acids is 1. The summed E-state index contributed by atoms with van der Waals surface area (Å²) in [5, 5.41) is 0. The minimum atomic E-state index is 0.0118. The normalized spacial score (nSPS) is 18.6. The van der Waals surface area contributed by atoms with E-state index >= 15 is 0 Å². The lowest BCUT2D eigenvalue weighted by atomic mass is 9.96. The van der Waals surface area contributed by atoms with Gasteiger partial charge in [-0.05, 0) is 44.4 Å². The van der Waals surface area contributed by atoms with E-state index in [4.69, 9.17) is 9.47 Å². The highest BCUT2D eigenvalue weighted by atomic mass is 16.5. The Labute approximate surface area is 120 Å². The van der Waals surface area contributed by atoms with Crippen molar-refractivity contribution in [2.75, 3.05) is 6.61 Å². The molecule has 1 aliphatic rings. The third-order valence-electron chi connectivity index (χ3n) is 3.44. The number of carbonyl (C=O) groups is 1. The van der Waals surface area contributed by atoms with Crippen LogP contribution in [-0.4, -0.2) is 18.5 Å². The maximum atomic E-state index is 11.5. The lowest BCUT2D eigenvalue weighted by Crippen LogP contribution is -2.25. The summed E-state index contributed by atoms with van der Waals surface area (Å²) in [5.41, 5.74) is 1.06. The molecule has 3 heteroatoms. The predicted molar refractivity (Wildman–Crippen MR) is 79.4 cm³/mol. The molecule has 0 radical (unpaired) electrons. The SMILES string of the molecule is C=CCc1cc(OCC)ccc1OC1CCCC(=O)C1. The Bertz CT molecular complexity index is 479. The average molecular weight is 274 g/mol. The number of ketones is 1. The molecule has 0 aliphatic heterocycles. The number of ether oxygens (including phenoxy) is 2. The van der Waals surface area contributed by atoms with Crippen LogP contribution in [0.1, 0.15) is 38.2 Å². The molecule has 1 aliphatic carbocycles. The maximum Gasteiger partial charge on any atom is 0.136 e. The van der Waals surface area contributed by atoms with Gasteiger partial charge in [0, 0.05) is 18.4 Å². The van der Waals surface area contributed by atoms with Crippen molar-refractivity contribution in [2.45, 2.75) is 45.1 Å². The molecule has 20 heavy (non-hydrogen) atoms. The lowest BCUT2D eigenvalue weighted by molar-refractivity contribution is -0.122. The van der Waals surface area contributed by atoms with Crippen LogP contribution < -0.4 is 9.47 Å². The summed E-state index contributed by atoms with van der Waals surface area (Å²) in [7, 11) is 0. The zero-order valence-corrected chi connectivity index (χ0v) is 12.1. The van der Waals surface area contributed by atoms with Crippen molar-refractivity contribution in [3.63, 3.8) is 0 Å². The average Bonchev–Trinajstić information content (AvgIpc) is 2.42. The second-order valence-electron chi connectivity index (χ2n) is 5.07. The first-order valence-corrected chi connectivity index (χ1v) is 7.28. The molecule has 1 unspecified atom stereocenters. The highest BCUT2D eigenvalue weighted by Crippen LogP contribution is 2.28. The van der Waals surface area contributed by atoms with Gasteiger partial charge in [0.05, 0.1) is 6.61 Å². The van der Waals surface area contributed by atoms with Crippen molar-refractivity contribution in [2.24, 2.45) is 0 Å². The van der Waals surface area contributed by atoms with Crippen LogP contribution in [0.15, 0.2) is 30.9 Å². The second kappa shape index (κ2) is 7.13. The molecule has 0 N–H and O–H groups in total. The minimum absolute atomic E-state index is 0.0118. The van der Waals surface area contributed by atoms with E-state index in [9.17, 15) is 4.79 Å². The largest absolute Gasteiger partial charge is 0.494 e. The van der Waals surface area contributed by atoms with Gasteiger partial charge in [-0.1, -0.05) is 6.08 Å². The molecular formula is C17H22O3. The molecule has 3 nitrogen and oxygen atoms in total. The van der Waals surface area contributed by atoms with Gasteiger partial charge < -0.3 is 9.47 Å². The third kappa shape index (κ3) is 3.86. The molecule has 0 bridgehead atoms. The van der Waals surface area contributed by atoms with Crippen molar-refractivity contribution in [3.8, 4) is 11.5 Å². The Balaban J connectivity index is 2.12. The van der Waals surface area contributed by atoms with Gasteiger partial charge in [0.1, 0.15) is 23.4 Å². The lowest BCUT2D eigenvalue weighted by Gasteiger charge is -2.23. The molecule has 1 saturated carbocycles. The van der Waals surface area contributed by atoms with Gasteiger partial charge in [-0.25, -0.2) is 0 Å². The number of benzene rings is 1. The van der Waals surface area contributed by atoms with Gasteiger partial charge in [-0.15, -0.1) is 6.58 Å². The van der Waals surface area contributed by atoms with Crippen molar-refractivity contribution >= 4 is 5.78 Å². The fraction of sp³-hybridized carbons (Fsp3) is 0.471. The first kappa shape index (κ1) is 14.6. The van der Waals surface area contributed by atoms with E-state index in [2.05, 4.69) is 6.58 Å². The van der Waals surface area contributed by atoms with Crippen LogP contribution in [0.5, 0.6) is 11.5 Å². The van der Waals surface area contributed by atoms with Gasteiger partial charge in [-0.3, -0.25) is 4.79 Å². The van der Waals surface area contributed by atoms with E-state index in [1.807, 2.05) is 31.2 Å². The smallest absolute Gasteiger partial charge is 0.136 e. The summed E-state index contributed by atoms with van der Waals surface area (Å²) in [4.78, 5) is 11.5. The summed E-state index contributed by atoms with van der Waals surface area (Å²) in [6.07, 6.45) is 5.70. The molecule has 108 valence electrons. The van der Waals surface area contributed by atoms with E-state index in [1.54, 1.807) is 0 Å². The van der Waals surface area contributed by atoms with Crippen LogP contribution in [-0.2, 0) is 11.2 Å². The molecule has 2 rings (SSSR count). The van der Waals surface area contributed by atoms with E-state index < -0.39 is 0 Å². The van der Waals surface area contributed by atoms with Crippen LogP contribution in [0.4, 0.5) is 0 Å². The monoisotopic (exact) mass is 274 g/mol. The highest BCUT2D eigenvalue weighted by Gasteiger charge is 2.21. The molecule has 0 saturated heterocycles. The molecule has 1 aromatic carbocycles. The molecule has 0 amide bonds. The zero-order valence-electron chi connectivity index (χ0n) is 12.1. The number of rotatable bonds is 6. The molecule has 1 aromatic rings. The van der Waals surface area contributed by atoms with Crippen LogP contribution in [0.25, 0.3) is 0 Å². The van der Waals surface area contributed by atoms with Crippen LogP contribution >= 0.6 is 0 Å².